The van der Waals surface area contributed by atoms with Gasteiger partial charge in [0.1, 0.15) is 41.5 Å². The average Bonchev–Trinajstić information content (AvgIpc) is 3.82. The number of carbonyl (C=O) groups is 2. The average molecular weight is 758 g/mol. The topological polar surface area (TPSA) is 94.3 Å². The van der Waals surface area contributed by atoms with Crippen molar-refractivity contribution in [2.24, 2.45) is 17.3 Å². The van der Waals surface area contributed by atoms with Crippen molar-refractivity contribution in [3.05, 3.63) is 135 Å². The van der Waals surface area contributed by atoms with Crippen molar-refractivity contribution in [3.8, 4) is 11.6 Å². The van der Waals surface area contributed by atoms with Gasteiger partial charge < -0.3 is 18.7 Å². The number of nitrogens with zero attached hydrogens (tertiary/aromatic N) is 3. The van der Waals surface area contributed by atoms with Gasteiger partial charge in [0.2, 0.25) is 0 Å². The van der Waals surface area contributed by atoms with Gasteiger partial charge in [0, 0.05) is 34.7 Å². The van der Waals surface area contributed by atoms with Crippen LogP contribution in [0.1, 0.15) is 99.9 Å². The smallest absolute Gasteiger partial charge is 0.265 e. The number of piperidine rings is 1. The monoisotopic (exact) mass is 757 g/mol. The minimum Gasteiger partial charge on any atom is -0.488 e. The molecule has 1 aromatic heterocycles. The number of likely N-dealkylation sites (tertiary alicyclic amines) is 1. The van der Waals surface area contributed by atoms with Crippen LogP contribution >= 0.6 is 0 Å². The van der Waals surface area contributed by atoms with Crippen LogP contribution in [0.2, 0.25) is 0 Å². The Balaban J connectivity index is 1.17. The Labute approximate surface area is 327 Å². The third-order valence-corrected chi connectivity index (χ3v) is 13.1. The molecular weight excluding hydrogens is 710 g/mol. The first-order chi connectivity index (χ1) is 27.0. The van der Waals surface area contributed by atoms with Gasteiger partial charge in [0.05, 0.1) is 17.9 Å². The first-order valence-electron chi connectivity index (χ1n) is 19.8. The summed E-state index contributed by atoms with van der Waals surface area (Å²) in [4.78, 5) is 34.7. The number of allylic oxidation sites excluding steroid dienone is 2. The number of hydrogen-bond acceptors (Lipinski definition) is 9. The van der Waals surface area contributed by atoms with Crippen LogP contribution in [0.3, 0.4) is 0 Å². The van der Waals surface area contributed by atoms with Gasteiger partial charge in [0.15, 0.2) is 17.3 Å². The largest absolute Gasteiger partial charge is 0.488 e. The van der Waals surface area contributed by atoms with E-state index in [2.05, 4.69) is 23.9 Å². The Bertz CT molecular complexity index is 2280. The molecule has 9 rings (SSSR count). The molecule has 5 aliphatic rings. The van der Waals surface area contributed by atoms with E-state index in [1.807, 2.05) is 86.6 Å². The van der Waals surface area contributed by atoms with Crippen molar-refractivity contribution in [3.63, 3.8) is 0 Å². The summed E-state index contributed by atoms with van der Waals surface area (Å²) in [6.07, 6.45) is 7.23. The van der Waals surface area contributed by atoms with Gasteiger partial charge in [-0.2, -0.15) is 0 Å². The van der Waals surface area contributed by atoms with E-state index in [1.54, 1.807) is 6.08 Å². The number of ketones is 2. The SMILES string of the molecule is Cc1c(CN2CCCCC2(C)C)c(F)c2c(c1OCc1ccccc1)C(=O)C1=C3OC=CC34C(=O)c3c(OCc5ccccc5)noc3C(N(C)C)C4CC1C2. The zero-order valence-corrected chi connectivity index (χ0v) is 32.7. The van der Waals surface area contributed by atoms with E-state index in [1.165, 1.54) is 6.26 Å². The molecule has 56 heavy (non-hydrogen) atoms. The van der Waals surface area contributed by atoms with Crippen LogP contribution < -0.4 is 9.47 Å². The Morgan fingerprint density at radius 3 is 2.34 bits per heavy atom. The van der Waals surface area contributed by atoms with E-state index < -0.39 is 17.4 Å². The lowest BCUT2D eigenvalue weighted by Gasteiger charge is -2.50. The zero-order chi connectivity index (χ0) is 38.9. The molecule has 0 bridgehead atoms. The van der Waals surface area contributed by atoms with Crippen molar-refractivity contribution in [1.29, 1.82) is 0 Å². The predicted octanol–water partition coefficient (Wildman–Crippen LogP) is 8.70. The van der Waals surface area contributed by atoms with Crippen molar-refractivity contribution < 1.29 is 32.7 Å². The molecule has 290 valence electrons. The van der Waals surface area contributed by atoms with Gasteiger partial charge in [-0.3, -0.25) is 19.4 Å². The van der Waals surface area contributed by atoms with Gasteiger partial charge in [0.25, 0.3) is 5.88 Å². The first-order valence-corrected chi connectivity index (χ1v) is 19.8. The Hall–Kier alpha value is -5.06. The minimum atomic E-state index is -1.31. The van der Waals surface area contributed by atoms with Crippen LogP contribution in [0.5, 0.6) is 11.6 Å². The molecule has 0 N–H and O–H groups in total. The maximum absolute atomic E-state index is 17.4. The molecule has 4 unspecified atom stereocenters. The number of Topliss-reactive ketones (excluding diaryl/α,β-unsaturated/α-hetero) is 2. The fourth-order valence-corrected chi connectivity index (χ4v) is 10.1. The number of halogens is 1. The van der Waals surface area contributed by atoms with E-state index in [9.17, 15) is 0 Å². The van der Waals surface area contributed by atoms with Gasteiger partial charge in [-0.25, -0.2) is 4.39 Å². The molecule has 0 amide bonds. The summed E-state index contributed by atoms with van der Waals surface area (Å²) in [5.74, 6) is -0.536. The summed E-state index contributed by atoms with van der Waals surface area (Å²) in [5.41, 5.74) is 2.92. The van der Waals surface area contributed by atoms with E-state index in [4.69, 9.17) is 18.7 Å². The lowest BCUT2D eigenvalue weighted by atomic mass is 9.53. The van der Waals surface area contributed by atoms with Gasteiger partial charge in [-0.1, -0.05) is 67.1 Å². The number of fused-ring (bicyclic) bond motifs is 3. The molecule has 2 aliphatic heterocycles. The lowest BCUT2D eigenvalue weighted by molar-refractivity contribution is 0.0345. The quantitative estimate of drug-likeness (QED) is 0.166. The Morgan fingerprint density at radius 2 is 1.66 bits per heavy atom. The number of aromatic nitrogens is 1. The van der Waals surface area contributed by atoms with Crippen LogP contribution in [-0.4, -0.2) is 52.7 Å². The van der Waals surface area contributed by atoms with E-state index in [0.717, 1.165) is 36.9 Å². The summed E-state index contributed by atoms with van der Waals surface area (Å²) >= 11 is 0. The zero-order valence-electron chi connectivity index (χ0n) is 32.7. The number of carbonyl (C=O) groups excluding carboxylic acids is 2. The predicted molar refractivity (Wildman–Crippen MR) is 208 cm³/mol. The Kier molecular flexibility index (Phi) is 9.04. The van der Waals surface area contributed by atoms with Crippen LogP contribution in [0.25, 0.3) is 0 Å². The molecule has 1 spiro atoms. The number of ether oxygens (including phenoxy) is 3. The van der Waals surface area contributed by atoms with Crippen molar-refractivity contribution >= 4 is 11.6 Å². The number of benzene rings is 3. The number of hydrogen-bond donors (Lipinski definition) is 0. The molecule has 0 radical (unpaired) electrons. The van der Waals surface area contributed by atoms with Gasteiger partial charge >= 0.3 is 0 Å². The van der Waals surface area contributed by atoms with Crippen molar-refractivity contribution in [2.75, 3.05) is 20.6 Å². The number of rotatable bonds is 9. The molecule has 3 heterocycles. The second kappa shape index (κ2) is 13.8. The maximum Gasteiger partial charge on any atom is 0.265 e. The Morgan fingerprint density at radius 1 is 0.964 bits per heavy atom. The third-order valence-electron chi connectivity index (χ3n) is 13.1. The van der Waals surface area contributed by atoms with Crippen LogP contribution in [0.4, 0.5) is 4.39 Å². The van der Waals surface area contributed by atoms with Crippen molar-refractivity contribution in [1.82, 2.24) is 15.0 Å². The van der Waals surface area contributed by atoms with E-state index in [-0.39, 0.29) is 65.5 Å². The summed E-state index contributed by atoms with van der Waals surface area (Å²) in [5, 5.41) is 4.29. The fraction of sp³-hybridized carbons (Fsp3) is 0.413. The molecule has 1 saturated heterocycles. The molecule has 10 heteroatoms. The third kappa shape index (κ3) is 5.66. The highest BCUT2D eigenvalue weighted by atomic mass is 19.1. The summed E-state index contributed by atoms with van der Waals surface area (Å²) < 4.78 is 42.4. The van der Waals surface area contributed by atoms with Crippen LogP contribution in [0.15, 0.2) is 88.9 Å². The van der Waals surface area contributed by atoms with E-state index >= 15 is 14.0 Å². The molecule has 0 saturated carbocycles. The molecule has 9 nitrogen and oxygen atoms in total. The molecule has 4 atom stereocenters. The summed E-state index contributed by atoms with van der Waals surface area (Å²) in [7, 11) is 3.88. The maximum atomic E-state index is 17.4. The second-order valence-corrected chi connectivity index (χ2v) is 16.9. The molecule has 3 aliphatic carbocycles. The minimum absolute atomic E-state index is 0.0915. The van der Waals surface area contributed by atoms with Crippen LogP contribution in [0, 0.1) is 30.0 Å². The van der Waals surface area contributed by atoms with Gasteiger partial charge in [-0.15, -0.1) is 0 Å². The highest BCUT2D eigenvalue weighted by molar-refractivity contribution is 6.16. The van der Waals surface area contributed by atoms with Gasteiger partial charge in [-0.05, 0) is 101 Å². The highest BCUT2D eigenvalue weighted by Crippen LogP contribution is 2.63. The fourth-order valence-electron chi connectivity index (χ4n) is 10.1. The molecular formula is C46H48FN3O6. The first kappa shape index (κ1) is 36.6. The van der Waals surface area contributed by atoms with E-state index in [0.29, 0.717) is 52.5 Å². The van der Waals surface area contributed by atoms with Crippen molar-refractivity contribution in [2.45, 2.75) is 84.2 Å². The lowest BCUT2D eigenvalue weighted by Crippen LogP contribution is -2.52. The molecule has 4 aromatic rings. The summed E-state index contributed by atoms with van der Waals surface area (Å²) in [6.45, 7) is 8.02. The second-order valence-electron chi connectivity index (χ2n) is 16.9. The molecule has 3 aromatic carbocycles. The summed E-state index contributed by atoms with van der Waals surface area (Å²) in [6, 6.07) is 19.0. The standard InChI is InChI=1S/C46H48FN3O6/c1-27-32(24-50-20-13-12-18-45(50,2)3)37(47)31-22-30-23-33-38(49(4)5)41-36(44(48-56-41)55-26-29-16-10-7-11-17-29)42(52)46(33)19-21-53-43(46)34(30)39(51)35(31)40(27)54-25-28-14-8-6-9-15-28/h6-11,14-17,19,21,30,33,38H,12-13,18,20,22-26H2,1-5H3. The normalized spacial score (nSPS) is 24.9. The highest BCUT2D eigenvalue weighted by Gasteiger charge is 2.65. The van der Waals surface area contributed by atoms with Crippen LogP contribution in [-0.2, 0) is 30.9 Å². The molecule has 1 fully saturated rings.